The summed E-state index contributed by atoms with van der Waals surface area (Å²) >= 11 is 1.40. The number of carbonyl (C=O) groups excluding carboxylic acids is 1. The van der Waals surface area contributed by atoms with Crippen molar-refractivity contribution in [3.63, 3.8) is 0 Å². The lowest BCUT2D eigenvalue weighted by atomic mass is 10.1. The van der Waals surface area contributed by atoms with E-state index in [9.17, 15) is 4.79 Å². The molecule has 25 heavy (non-hydrogen) atoms. The monoisotopic (exact) mass is 378 g/mol. The van der Waals surface area contributed by atoms with Crippen LogP contribution in [0.2, 0.25) is 0 Å². The molecule has 2 aromatic heterocycles. The van der Waals surface area contributed by atoms with Crippen LogP contribution in [0.3, 0.4) is 0 Å². The fourth-order valence-electron chi connectivity index (χ4n) is 2.33. The van der Waals surface area contributed by atoms with Crippen LogP contribution in [0.1, 0.15) is 34.0 Å². The van der Waals surface area contributed by atoms with Crippen molar-refractivity contribution >= 4 is 29.7 Å². The topological polar surface area (TPSA) is 89.9 Å². The standard InChI is InChI=1S/C16H18N6OS.ClH/c1-11(21(2)16(23)14-8-24-15(7-17)20-14)12-3-5-13(6-4-12)22-10-18-9-19-22;/h3-6,8-11H,7,17H2,1-2H3;1H. The lowest BCUT2D eigenvalue weighted by Crippen LogP contribution is -2.30. The highest BCUT2D eigenvalue weighted by Gasteiger charge is 2.21. The van der Waals surface area contributed by atoms with E-state index in [4.69, 9.17) is 5.73 Å². The third-order valence-corrected chi connectivity index (χ3v) is 4.78. The van der Waals surface area contributed by atoms with E-state index in [-0.39, 0.29) is 24.4 Å². The van der Waals surface area contributed by atoms with Gasteiger partial charge in [-0.05, 0) is 24.6 Å². The second-order valence-corrected chi connectivity index (χ2v) is 6.30. The maximum Gasteiger partial charge on any atom is 0.273 e. The van der Waals surface area contributed by atoms with Crippen LogP contribution in [0.4, 0.5) is 0 Å². The number of thiazole rings is 1. The quantitative estimate of drug-likeness (QED) is 0.736. The van der Waals surface area contributed by atoms with Gasteiger partial charge in [-0.25, -0.2) is 14.6 Å². The summed E-state index contributed by atoms with van der Waals surface area (Å²) in [4.78, 5) is 22.4. The lowest BCUT2D eigenvalue weighted by Gasteiger charge is -2.24. The Bertz CT molecular complexity index is 818. The molecule has 0 aliphatic carbocycles. The van der Waals surface area contributed by atoms with E-state index in [1.54, 1.807) is 28.3 Å². The summed E-state index contributed by atoms with van der Waals surface area (Å²) in [7, 11) is 1.78. The Labute approximate surface area is 155 Å². The molecule has 0 fully saturated rings. The number of aromatic nitrogens is 4. The number of carbonyl (C=O) groups is 1. The first-order valence-corrected chi connectivity index (χ1v) is 8.34. The smallest absolute Gasteiger partial charge is 0.273 e. The summed E-state index contributed by atoms with van der Waals surface area (Å²) in [5, 5.41) is 6.61. The zero-order valence-corrected chi connectivity index (χ0v) is 15.5. The highest BCUT2D eigenvalue weighted by Crippen LogP contribution is 2.22. The van der Waals surface area contributed by atoms with Crippen molar-refractivity contribution in [2.24, 2.45) is 5.73 Å². The zero-order chi connectivity index (χ0) is 17.1. The van der Waals surface area contributed by atoms with E-state index >= 15 is 0 Å². The molecule has 0 aliphatic heterocycles. The van der Waals surface area contributed by atoms with Crippen molar-refractivity contribution in [2.75, 3.05) is 7.05 Å². The van der Waals surface area contributed by atoms with E-state index in [0.717, 1.165) is 16.3 Å². The molecule has 7 nitrogen and oxygen atoms in total. The molecule has 1 amide bonds. The maximum absolute atomic E-state index is 12.5. The molecule has 0 bridgehead atoms. The summed E-state index contributed by atoms with van der Waals surface area (Å²) in [6.45, 7) is 2.33. The van der Waals surface area contributed by atoms with E-state index in [1.165, 1.54) is 17.7 Å². The van der Waals surface area contributed by atoms with Crippen molar-refractivity contribution in [3.8, 4) is 5.69 Å². The molecule has 132 valence electrons. The lowest BCUT2D eigenvalue weighted by molar-refractivity contribution is 0.0737. The predicted molar refractivity (Wildman–Crippen MR) is 99.1 cm³/mol. The summed E-state index contributed by atoms with van der Waals surface area (Å²) in [5.74, 6) is -0.112. The summed E-state index contributed by atoms with van der Waals surface area (Å²) in [5.41, 5.74) is 7.95. The van der Waals surface area contributed by atoms with Crippen molar-refractivity contribution in [3.05, 3.63) is 58.6 Å². The molecule has 1 aromatic carbocycles. The van der Waals surface area contributed by atoms with Gasteiger partial charge in [-0.15, -0.1) is 23.7 Å². The van der Waals surface area contributed by atoms with Gasteiger partial charge in [0.1, 0.15) is 23.4 Å². The molecule has 3 rings (SSSR count). The summed E-state index contributed by atoms with van der Waals surface area (Å²) in [6, 6.07) is 7.79. The molecule has 2 heterocycles. The van der Waals surface area contributed by atoms with Crippen LogP contribution in [0, 0.1) is 0 Å². The van der Waals surface area contributed by atoms with Gasteiger partial charge >= 0.3 is 0 Å². The Kier molecular flexibility index (Phi) is 6.24. The van der Waals surface area contributed by atoms with Gasteiger partial charge in [0.15, 0.2) is 0 Å². The normalized spacial score (nSPS) is 11.6. The molecule has 3 aromatic rings. The minimum atomic E-state index is -0.112. The third kappa shape index (κ3) is 4.04. The molecular weight excluding hydrogens is 360 g/mol. The maximum atomic E-state index is 12.5. The van der Waals surface area contributed by atoms with E-state index in [2.05, 4.69) is 15.1 Å². The van der Waals surface area contributed by atoms with Crippen LogP contribution in [-0.2, 0) is 6.54 Å². The van der Waals surface area contributed by atoms with Gasteiger partial charge in [0.05, 0.1) is 11.7 Å². The number of hydrogen-bond donors (Lipinski definition) is 1. The number of nitrogens with two attached hydrogens (primary N) is 1. The molecule has 2 N–H and O–H groups in total. The second-order valence-electron chi connectivity index (χ2n) is 5.35. The van der Waals surface area contributed by atoms with E-state index in [1.807, 2.05) is 31.2 Å². The summed E-state index contributed by atoms with van der Waals surface area (Å²) in [6.07, 6.45) is 3.14. The Morgan fingerprint density at radius 1 is 1.36 bits per heavy atom. The first kappa shape index (κ1) is 19.0. The van der Waals surface area contributed by atoms with Crippen LogP contribution in [0.25, 0.3) is 5.69 Å². The van der Waals surface area contributed by atoms with Gasteiger partial charge in [0.2, 0.25) is 0 Å². The van der Waals surface area contributed by atoms with Gasteiger partial charge in [0, 0.05) is 19.0 Å². The van der Waals surface area contributed by atoms with E-state index in [0.29, 0.717) is 12.2 Å². The van der Waals surface area contributed by atoms with E-state index < -0.39 is 0 Å². The first-order valence-electron chi connectivity index (χ1n) is 7.46. The van der Waals surface area contributed by atoms with Gasteiger partial charge < -0.3 is 10.6 Å². The Morgan fingerprint density at radius 3 is 2.64 bits per heavy atom. The fourth-order valence-corrected chi connectivity index (χ4v) is 2.98. The minimum Gasteiger partial charge on any atom is -0.334 e. The molecule has 1 atom stereocenters. The van der Waals surface area contributed by atoms with Gasteiger partial charge in [-0.2, -0.15) is 5.10 Å². The first-order chi connectivity index (χ1) is 11.6. The summed E-state index contributed by atoms with van der Waals surface area (Å²) < 4.78 is 1.69. The highest BCUT2D eigenvalue weighted by molar-refractivity contribution is 7.09. The highest BCUT2D eigenvalue weighted by atomic mass is 35.5. The second kappa shape index (κ2) is 8.19. The van der Waals surface area contributed by atoms with Gasteiger partial charge in [-0.1, -0.05) is 12.1 Å². The number of amides is 1. The number of nitrogens with zero attached hydrogens (tertiary/aromatic N) is 5. The largest absolute Gasteiger partial charge is 0.334 e. The zero-order valence-electron chi connectivity index (χ0n) is 13.9. The van der Waals surface area contributed by atoms with Crippen molar-refractivity contribution in [1.29, 1.82) is 0 Å². The molecule has 0 saturated heterocycles. The van der Waals surface area contributed by atoms with Crippen LogP contribution < -0.4 is 5.73 Å². The van der Waals surface area contributed by atoms with Crippen LogP contribution in [0.15, 0.2) is 42.3 Å². The Balaban J connectivity index is 0.00000225. The van der Waals surface area contributed by atoms with Crippen molar-refractivity contribution in [1.82, 2.24) is 24.6 Å². The number of halogens is 1. The van der Waals surface area contributed by atoms with Crippen molar-refractivity contribution in [2.45, 2.75) is 19.5 Å². The fraction of sp³-hybridized carbons (Fsp3) is 0.250. The average molecular weight is 379 g/mol. The molecule has 0 radical (unpaired) electrons. The van der Waals surface area contributed by atoms with Crippen LogP contribution >= 0.6 is 23.7 Å². The van der Waals surface area contributed by atoms with Gasteiger partial charge in [-0.3, -0.25) is 4.79 Å². The van der Waals surface area contributed by atoms with Gasteiger partial charge in [0.25, 0.3) is 5.91 Å². The molecule has 0 saturated carbocycles. The number of benzene rings is 1. The SMILES string of the molecule is CC(c1ccc(-n2cncn2)cc1)N(C)C(=O)c1csc(CN)n1.Cl. The molecule has 1 unspecified atom stereocenters. The van der Waals surface area contributed by atoms with Crippen LogP contribution in [0.5, 0.6) is 0 Å². The number of hydrogen-bond acceptors (Lipinski definition) is 6. The minimum absolute atomic E-state index is 0. The molecule has 0 aliphatic rings. The average Bonchev–Trinajstić information content (AvgIpc) is 3.31. The third-order valence-electron chi connectivity index (χ3n) is 3.91. The Hall–Kier alpha value is -2.29. The Morgan fingerprint density at radius 2 is 2.08 bits per heavy atom. The predicted octanol–water partition coefficient (Wildman–Crippen LogP) is 2.44. The molecule has 0 spiro atoms. The number of rotatable bonds is 5. The molecular formula is C16H19ClN6OS. The molecule has 9 heteroatoms. The van der Waals surface area contributed by atoms with Crippen LogP contribution in [-0.4, -0.2) is 37.6 Å². The van der Waals surface area contributed by atoms with Crippen molar-refractivity contribution < 1.29 is 4.79 Å².